The van der Waals surface area contributed by atoms with Gasteiger partial charge in [-0.25, -0.2) is 0 Å². The molecule has 0 bridgehead atoms. The predicted molar refractivity (Wildman–Crippen MR) is 92.0 cm³/mol. The molecule has 1 aliphatic rings. The lowest BCUT2D eigenvalue weighted by molar-refractivity contribution is 0.155. The monoisotopic (exact) mass is 311 g/mol. The minimum atomic E-state index is -0.384. The number of hydrogen-bond acceptors (Lipinski definition) is 3. The van der Waals surface area contributed by atoms with Crippen LogP contribution < -0.4 is 0 Å². The second kappa shape index (κ2) is 6.83. The Morgan fingerprint density at radius 2 is 1.48 bits per heavy atom. The molecule has 0 radical (unpaired) electrons. The summed E-state index contributed by atoms with van der Waals surface area (Å²) >= 11 is 0. The lowest BCUT2D eigenvalue weighted by atomic mass is 10.0. The van der Waals surface area contributed by atoms with Crippen molar-refractivity contribution in [2.24, 2.45) is 0 Å². The molecular formula is C20H25NO2. The predicted octanol–water partition coefficient (Wildman–Crippen LogP) is 3.23. The number of hydrogen-bond donors (Lipinski definition) is 1. The molecule has 3 unspecified atom stereocenters. The van der Waals surface area contributed by atoms with Gasteiger partial charge in [0, 0.05) is 19.1 Å². The number of epoxide rings is 1. The summed E-state index contributed by atoms with van der Waals surface area (Å²) in [6.45, 7) is 6.00. The first kappa shape index (κ1) is 16.2. The van der Waals surface area contributed by atoms with Crippen LogP contribution >= 0.6 is 0 Å². The Bertz CT molecular complexity index is 575. The lowest BCUT2D eigenvalue weighted by Crippen LogP contribution is -2.39. The normalized spacial score (nSPS) is 24.6. The van der Waals surface area contributed by atoms with Crippen molar-refractivity contribution < 1.29 is 9.84 Å². The van der Waals surface area contributed by atoms with Gasteiger partial charge < -0.3 is 9.84 Å². The minimum Gasteiger partial charge on any atom is -0.393 e. The molecule has 2 aromatic carbocycles. The Balaban J connectivity index is 1.76. The van der Waals surface area contributed by atoms with Crippen LogP contribution in [-0.4, -0.2) is 34.4 Å². The highest BCUT2D eigenvalue weighted by Gasteiger charge is 2.55. The lowest BCUT2D eigenvalue weighted by Gasteiger charge is -2.29. The molecule has 1 N–H and O–H groups in total. The standard InChI is InChI=1S/C20H25NO2/c1-16(19-20(2,15-22)23-19)21(13-17-9-5-3-6-10-17)14-18-11-7-4-8-12-18/h3-12,16,19,22H,13-15H2,1-2H3. The maximum Gasteiger partial charge on any atom is 0.117 e. The smallest absolute Gasteiger partial charge is 0.117 e. The van der Waals surface area contributed by atoms with E-state index >= 15 is 0 Å². The number of rotatable bonds is 7. The van der Waals surface area contributed by atoms with Gasteiger partial charge in [0.25, 0.3) is 0 Å². The third kappa shape index (κ3) is 3.81. The van der Waals surface area contributed by atoms with Crippen molar-refractivity contribution in [1.82, 2.24) is 4.90 Å². The van der Waals surface area contributed by atoms with Gasteiger partial charge in [0.1, 0.15) is 11.7 Å². The van der Waals surface area contributed by atoms with Crippen LogP contribution in [-0.2, 0) is 17.8 Å². The van der Waals surface area contributed by atoms with Crippen LogP contribution in [0.1, 0.15) is 25.0 Å². The molecule has 3 nitrogen and oxygen atoms in total. The van der Waals surface area contributed by atoms with Crippen LogP contribution in [0.3, 0.4) is 0 Å². The number of ether oxygens (including phenoxy) is 1. The average molecular weight is 311 g/mol. The van der Waals surface area contributed by atoms with Crippen LogP contribution in [0.2, 0.25) is 0 Å². The highest BCUT2D eigenvalue weighted by Crippen LogP contribution is 2.40. The van der Waals surface area contributed by atoms with Gasteiger partial charge in [-0.05, 0) is 25.0 Å². The van der Waals surface area contributed by atoms with Crippen LogP contribution in [0, 0.1) is 0 Å². The molecule has 0 aromatic heterocycles. The Morgan fingerprint density at radius 1 is 1.00 bits per heavy atom. The van der Waals surface area contributed by atoms with Crippen molar-refractivity contribution in [1.29, 1.82) is 0 Å². The summed E-state index contributed by atoms with van der Waals surface area (Å²) in [6.07, 6.45) is 0.0833. The molecule has 23 heavy (non-hydrogen) atoms. The van der Waals surface area contributed by atoms with E-state index in [4.69, 9.17) is 4.74 Å². The second-order valence-electron chi connectivity index (χ2n) is 6.63. The van der Waals surface area contributed by atoms with E-state index in [0.717, 1.165) is 13.1 Å². The number of aliphatic hydroxyl groups is 1. The first-order valence-corrected chi connectivity index (χ1v) is 8.23. The zero-order chi connectivity index (χ0) is 16.3. The summed E-state index contributed by atoms with van der Waals surface area (Å²) in [5.41, 5.74) is 2.20. The van der Waals surface area contributed by atoms with Crippen LogP contribution in [0.15, 0.2) is 60.7 Å². The molecule has 3 heteroatoms. The second-order valence-corrected chi connectivity index (χ2v) is 6.63. The minimum absolute atomic E-state index is 0.0759. The molecule has 0 spiro atoms. The van der Waals surface area contributed by atoms with Gasteiger partial charge in [-0.1, -0.05) is 60.7 Å². The first-order valence-electron chi connectivity index (χ1n) is 8.23. The summed E-state index contributed by atoms with van der Waals surface area (Å²) in [4.78, 5) is 2.43. The summed E-state index contributed by atoms with van der Waals surface area (Å²) in [5, 5.41) is 9.50. The molecule has 1 fully saturated rings. The molecule has 0 saturated carbocycles. The number of benzene rings is 2. The van der Waals surface area contributed by atoms with Gasteiger partial charge in [-0.15, -0.1) is 0 Å². The maximum atomic E-state index is 9.50. The molecule has 1 heterocycles. The highest BCUT2D eigenvalue weighted by molar-refractivity contribution is 5.18. The summed E-state index contributed by atoms with van der Waals surface area (Å²) in [5.74, 6) is 0. The summed E-state index contributed by atoms with van der Waals surface area (Å²) in [6, 6.07) is 21.3. The molecular weight excluding hydrogens is 286 g/mol. The van der Waals surface area contributed by atoms with Crippen molar-refractivity contribution >= 4 is 0 Å². The first-order chi connectivity index (χ1) is 11.1. The van der Waals surface area contributed by atoms with Crippen molar-refractivity contribution in [2.45, 2.75) is 44.7 Å². The zero-order valence-electron chi connectivity index (χ0n) is 13.9. The van der Waals surface area contributed by atoms with E-state index in [1.807, 2.05) is 19.1 Å². The van der Waals surface area contributed by atoms with Crippen molar-refractivity contribution in [3.05, 3.63) is 71.8 Å². The Kier molecular flexibility index (Phi) is 4.81. The van der Waals surface area contributed by atoms with E-state index in [9.17, 15) is 5.11 Å². The summed E-state index contributed by atoms with van der Waals surface area (Å²) in [7, 11) is 0. The van der Waals surface area contributed by atoms with Crippen molar-refractivity contribution in [2.75, 3.05) is 6.61 Å². The summed E-state index contributed by atoms with van der Waals surface area (Å²) < 4.78 is 5.78. The van der Waals surface area contributed by atoms with Crippen LogP contribution in [0.5, 0.6) is 0 Å². The molecule has 122 valence electrons. The molecule has 0 aliphatic carbocycles. The SMILES string of the molecule is CC(C1OC1(C)CO)N(Cc1ccccc1)Cc1ccccc1. The van der Waals surface area contributed by atoms with Crippen LogP contribution in [0.4, 0.5) is 0 Å². The van der Waals surface area contributed by atoms with E-state index in [1.165, 1.54) is 11.1 Å². The average Bonchev–Trinajstić information content (AvgIpc) is 3.28. The fourth-order valence-corrected chi connectivity index (χ4v) is 3.16. The Morgan fingerprint density at radius 3 is 1.87 bits per heavy atom. The van der Waals surface area contributed by atoms with E-state index in [2.05, 4.69) is 60.4 Å². The molecule has 1 aliphatic heterocycles. The molecule has 3 rings (SSSR count). The Labute approximate surface area is 138 Å². The molecule has 1 saturated heterocycles. The van der Waals surface area contributed by atoms with Gasteiger partial charge in [-0.3, -0.25) is 4.90 Å². The third-order valence-corrected chi connectivity index (χ3v) is 4.73. The van der Waals surface area contributed by atoms with Gasteiger partial charge in [0.05, 0.1) is 6.61 Å². The van der Waals surface area contributed by atoms with E-state index in [1.54, 1.807) is 0 Å². The van der Waals surface area contributed by atoms with Crippen molar-refractivity contribution in [3.8, 4) is 0 Å². The fraction of sp³-hybridized carbons (Fsp3) is 0.400. The number of nitrogens with zero attached hydrogens (tertiary/aromatic N) is 1. The van der Waals surface area contributed by atoms with E-state index in [0.29, 0.717) is 0 Å². The van der Waals surface area contributed by atoms with Crippen molar-refractivity contribution in [3.63, 3.8) is 0 Å². The highest BCUT2D eigenvalue weighted by atomic mass is 16.6. The fourth-order valence-electron chi connectivity index (χ4n) is 3.16. The topological polar surface area (TPSA) is 36.0 Å². The van der Waals surface area contributed by atoms with E-state index < -0.39 is 0 Å². The van der Waals surface area contributed by atoms with Gasteiger partial charge >= 0.3 is 0 Å². The molecule has 3 atom stereocenters. The largest absolute Gasteiger partial charge is 0.393 e. The quantitative estimate of drug-likeness (QED) is 0.798. The van der Waals surface area contributed by atoms with Gasteiger partial charge in [0.15, 0.2) is 0 Å². The number of aliphatic hydroxyl groups excluding tert-OH is 1. The van der Waals surface area contributed by atoms with Gasteiger partial charge in [0.2, 0.25) is 0 Å². The molecule has 2 aromatic rings. The third-order valence-electron chi connectivity index (χ3n) is 4.73. The van der Waals surface area contributed by atoms with Gasteiger partial charge in [-0.2, -0.15) is 0 Å². The molecule has 0 amide bonds. The maximum absolute atomic E-state index is 9.50. The van der Waals surface area contributed by atoms with Crippen LogP contribution in [0.25, 0.3) is 0 Å². The van der Waals surface area contributed by atoms with E-state index in [-0.39, 0.29) is 24.4 Å². The zero-order valence-corrected chi connectivity index (χ0v) is 13.9. The Hall–Kier alpha value is -1.68.